The average molecular weight is 442 g/mol. The van der Waals surface area contributed by atoms with Gasteiger partial charge in [0.1, 0.15) is 16.5 Å². The van der Waals surface area contributed by atoms with Gasteiger partial charge in [0.05, 0.1) is 23.0 Å². The molecule has 6 nitrogen and oxygen atoms in total. The quantitative estimate of drug-likeness (QED) is 0.516. The molecule has 0 spiro atoms. The maximum atomic E-state index is 13.3. The number of nitriles is 1. The largest absolute Gasteiger partial charge is 0.467 e. The van der Waals surface area contributed by atoms with Gasteiger partial charge in [0.15, 0.2) is 5.57 Å². The predicted molar refractivity (Wildman–Crippen MR) is 123 cm³/mol. The molecule has 2 aromatic carbocycles. The first-order valence-corrected chi connectivity index (χ1v) is 10.7. The van der Waals surface area contributed by atoms with Crippen molar-refractivity contribution in [1.29, 1.82) is 5.26 Å². The first-order chi connectivity index (χ1) is 15.6. The minimum atomic E-state index is -0.572. The van der Waals surface area contributed by atoms with Crippen LogP contribution in [0, 0.1) is 18.3 Å². The molecule has 0 unspecified atom stereocenters. The molecule has 0 atom stereocenters. The van der Waals surface area contributed by atoms with Crippen LogP contribution in [-0.2, 0) is 11.3 Å². The summed E-state index contributed by atoms with van der Waals surface area (Å²) in [7, 11) is 0. The molecule has 0 radical (unpaired) electrons. The summed E-state index contributed by atoms with van der Waals surface area (Å²) in [5.41, 5.74) is 2.14. The van der Waals surface area contributed by atoms with E-state index in [1.54, 1.807) is 42.5 Å². The molecule has 7 heteroatoms. The van der Waals surface area contributed by atoms with E-state index in [9.17, 15) is 14.9 Å². The van der Waals surface area contributed by atoms with Crippen LogP contribution in [0.5, 0.6) is 0 Å². The minimum Gasteiger partial charge on any atom is -0.467 e. The summed E-state index contributed by atoms with van der Waals surface area (Å²) in [4.78, 5) is 26.2. The molecular weight excluding hydrogens is 422 g/mol. The number of amides is 1. The van der Waals surface area contributed by atoms with Gasteiger partial charge in [-0.25, -0.2) is 0 Å². The molecule has 0 aliphatic heterocycles. The number of para-hydroxylation sites is 1. The van der Waals surface area contributed by atoms with Crippen LogP contribution in [0.3, 0.4) is 0 Å². The first kappa shape index (κ1) is 21.1. The smallest absolute Gasteiger partial charge is 0.273 e. The Labute approximate surface area is 188 Å². The molecule has 0 fully saturated rings. The molecule has 0 aliphatic rings. The number of hydrogen-bond donors (Lipinski definition) is 1. The number of aryl methyl sites for hydroxylation is 1. The highest BCUT2D eigenvalue weighted by molar-refractivity contribution is 7.07. The SMILES string of the molecule is Cc1ccc(/C=c2\s/c(=C(/C#N)C(=O)NCc3ccco3)n(-c3ccccc3)c2=O)cc1. The van der Waals surface area contributed by atoms with Crippen molar-refractivity contribution in [3.05, 3.63) is 109 Å². The highest BCUT2D eigenvalue weighted by Crippen LogP contribution is 2.06. The predicted octanol–water partition coefficient (Wildman–Crippen LogP) is 2.62. The Hall–Kier alpha value is -4.15. The van der Waals surface area contributed by atoms with Crippen LogP contribution in [0.1, 0.15) is 16.9 Å². The molecule has 2 heterocycles. The Morgan fingerprint density at radius 2 is 1.88 bits per heavy atom. The summed E-state index contributed by atoms with van der Waals surface area (Å²) in [5, 5.41) is 12.5. The van der Waals surface area contributed by atoms with Gasteiger partial charge < -0.3 is 9.73 Å². The van der Waals surface area contributed by atoms with Crippen LogP contribution in [-0.4, -0.2) is 10.5 Å². The number of carbonyl (C=O) groups excluding carboxylic acids is 1. The number of nitrogens with zero attached hydrogens (tertiary/aromatic N) is 2. The summed E-state index contributed by atoms with van der Waals surface area (Å²) in [5.74, 6) is -0.00706. The fraction of sp³-hybridized carbons (Fsp3) is 0.0800. The van der Waals surface area contributed by atoms with Crippen LogP contribution in [0.2, 0.25) is 0 Å². The number of hydrogen-bond acceptors (Lipinski definition) is 5. The van der Waals surface area contributed by atoms with E-state index in [4.69, 9.17) is 4.42 Å². The molecule has 0 saturated heterocycles. The second-order valence-electron chi connectivity index (χ2n) is 7.05. The van der Waals surface area contributed by atoms with Crippen LogP contribution in [0.4, 0.5) is 0 Å². The zero-order valence-electron chi connectivity index (χ0n) is 17.2. The molecule has 0 aliphatic carbocycles. The third kappa shape index (κ3) is 4.46. The lowest BCUT2D eigenvalue weighted by atomic mass is 10.1. The zero-order chi connectivity index (χ0) is 22.5. The van der Waals surface area contributed by atoms with Gasteiger partial charge in [-0.05, 0) is 42.8 Å². The highest BCUT2D eigenvalue weighted by atomic mass is 32.1. The maximum absolute atomic E-state index is 13.3. The van der Waals surface area contributed by atoms with Crippen molar-refractivity contribution in [2.75, 3.05) is 0 Å². The summed E-state index contributed by atoms with van der Waals surface area (Å²) in [6, 6.07) is 22.2. The minimum absolute atomic E-state index is 0.133. The molecule has 1 N–H and O–H groups in total. The van der Waals surface area contributed by atoms with Crippen LogP contribution < -0.4 is 20.1 Å². The number of carbonyl (C=O) groups is 1. The third-order valence-electron chi connectivity index (χ3n) is 4.77. The topological polar surface area (TPSA) is 88.0 Å². The van der Waals surface area contributed by atoms with Crippen molar-refractivity contribution in [2.45, 2.75) is 13.5 Å². The Morgan fingerprint density at radius 1 is 1.12 bits per heavy atom. The van der Waals surface area contributed by atoms with Gasteiger partial charge in [0.2, 0.25) is 0 Å². The number of nitrogens with one attached hydrogen (secondary N) is 1. The Bertz CT molecular complexity index is 1460. The number of thiazole rings is 1. The second kappa shape index (κ2) is 9.33. The van der Waals surface area contributed by atoms with Crippen LogP contribution in [0.15, 0.2) is 82.2 Å². The standard InChI is InChI=1S/C25H19N3O3S/c1-17-9-11-18(12-10-17)14-22-24(30)28(19-6-3-2-4-7-19)25(32-22)21(15-26)23(29)27-16-20-8-5-13-31-20/h2-14H,16H2,1H3,(H,27,29)/b22-14-,25-21-. The van der Waals surface area contributed by atoms with Gasteiger partial charge in [-0.3, -0.25) is 14.2 Å². The summed E-state index contributed by atoms with van der Waals surface area (Å²) >= 11 is 1.12. The van der Waals surface area contributed by atoms with Crippen molar-refractivity contribution < 1.29 is 9.21 Å². The normalized spacial score (nSPS) is 12.3. The molecule has 4 rings (SSSR count). The van der Waals surface area contributed by atoms with E-state index in [0.717, 1.165) is 22.5 Å². The van der Waals surface area contributed by atoms with Crippen LogP contribution >= 0.6 is 11.3 Å². The van der Waals surface area contributed by atoms with Gasteiger partial charge in [-0.2, -0.15) is 5.26 Å². The fourth-order valence-corrected chi connectivity index (χ4v) is 4.24. The van der Waals surface area contributed by atoms with Crippen molar-refractivity contribution >= 4 is 28.9 Å². The van der Waals surface area contributed by atoms with Gasteiger partial charge in [0.25, 0.3) is 11.5 Å². The molecule has 0 bridgehead atoms. The van der Waals surface area contributed by atoms with Crippen molar-refractivity contribution in [1.82, 2.24) is 9.88 Å². The van der Waals surface area contributed by atoms with E-state index in [1.807, 2.05) is 43.3 Å². The van der Waals surface area contributed by atoms with Crippen molar-refractivity contribution in [3.63, 3.8) is 0 Å². The van der Waals surface area contributed by atoms with E-state index >= 15 is 0 Å². The van der Waals surface area contributed by atoms with Gasteiger partial charge in [-0.15, -0.1) is 11.3 Å². The molecule has 2 aromatic heterocycles. The van der Waals surface area contributed by atoms with Gasteiger partial charge >= 0.3 is 0 Å². The summed E-state index contributed by atoms with van der Waals surface area (Å²) in [6.45, 7) is 2.13. The van der Waals surface area contributed by atoms with Crippen molar-refractivity contribution in [3.8, 4) is 11.8 Å². The molecule has 0 saturated carbocycles. The number of rotatable bonds is 5. The lowest BCUT2D eigenvalue weighted by Gasteiger charge is -2.04. The number of furan rings is 1. The molecule has 1 amide bonds. The van der Waals surface area contributed by atoms with E-state index in [-0.39, 0.29) is 22.3 Å². The molecule has 158 valence electrons. The number of aromatic nitrogens is 1. The lowest BCUT2D eigenvalue weighted by Crippen LogP contribution is -2.33. The lowest BCUT2D eigenvalue weighted by molar-refractivity contribution is -0.115. The summed E-state index contributed by atoms with van der Waals surface area (Å²) < 4.78 is 7.35. The van der Waals surface area contributed by atoms with Gasteiger partial charge in [0, 0.05) is 0 Å². The monoisotopic (exact) mass is 441 g/mol. The Morgan fingerprint density at radius 3 is 2.53 bits per heavy atom. The van der Waals surface area contributed by atoms with Crippen LogP contribution in [0.25, 0.3) is 17.3 Å². The fourth-order valence-electron chi connectivity index (χ4n) is 3.14. The molecule has 4 aromatic rings. The number of benzene rings is 2. The zero-order valence-corrected chi connectivity index (χ0v) is 18.1. The van der Waals surface area contributed by atoms with E-state index in [2.05, 4.69) is 5.32 Å². The Kier molecular flexibility index (Phi) is 6.15. The average Bonchev–Trinajstić information content (AvgIpc) is 3.43. The van der Waals surface area contributed by atoms with E-state index in [1.165, 1.54) is 10.8 Å². The van der Waals surface area contributed by atoms with Gasteiger partial charge in [-0.1, -0.05) is 48.0 Å². The second-order valence-corrected chi connectivity index (χ2v) is 8.08. The first-order valence-electron chi connectivity index (χ1n) is 9.87. The molecular formula is C25H19N3O3S. The maximum Gasteiger partial charge on any atom is 0.273 e. The Balaban J connectivity index is 1.89. The summed E-state index contributed by atoms with van der Waals surface area (Å²) in [6.07, 6.45) is 3.28. The molecule has 32 heavy (non-hydrogen) atoms. The third-order valence-corrected chi connectivity index (χ3v) is 5.86. The van der Waals surface area contributed by atoms with E-state index in [0.29, 0.717) is 16.0 Å². The van der Waals surface area contributed by atoms with E-state index < -0.39 is 5.91 Å². The highest BCUT2D eigenvalue weighted by Gasteiger charge is 2.17. The van der Waals surface area contributed by atoms with Crippen molar-refractivity contribution in [2.24, 2.45) is 0 Å².